The van der Waals surface area contributed by atoms with E-state index in [0.717, 1.165) is 65.3 Å². The van der Waals surface area contributed by atoms with Gasteiger partial charge in [0.1, 0.15) is 11.6 Å². The lowest BCUT2D eigenvalue weighted by Gasteiger charge is -2.21. The van der Waals surface area contributed by atoms with Crippen LogP contribution in [0.2, 0.25) is 0 Å². The molecule has 6 rings (SSSR count). The summed E-state index contributed by atoms with van der Waals surface area (Å²) in [6, 6.07) is 22.9. The molecule has 0 amide bonds. The molecule has 2 aliphatic rings. The molecule has 4 aromatic rings. The van der Waals surface area contributed by atoms with E-state index in [-0.39, 0.29) is 11.5 Å². The number of halogens is 2. The first-order chi connectivity index (χ1) is 25.0. The zero-order valence-corrected chi connectivity index (χ0v) is 31.7. The molecular weight excluding hydrogens is 639 g/mol. The van der Waals surface area contributed by atoms with Gasteiger partial charge in [0, 0.05) is 39.7 Å². The summed E-state index contributed by atoms with van der Waals surface area (Å²) in [6.45, 7) is 13.0. The highest BCUT2D eigenvalue weighted by molar-refractivity contribution is 5.51. The maximum Gasteiger partial charge on any atom is 0.143 e. The van der Waals surface area contributed by atoms with Gasteiger partial charge in [0.2, 0.25) is 0 Å². The number of rotatable bonds is 0. The predicted octanol–water partition coefficient (Wildman–Crippen LogP) is 12.0. The molecule has 0 spiro atoms. The predicted molar refractivity (Wildman–Crippen MR) is 213 cm³/mol. The molecule has 2 saturated carbocycles. The summed E-state index contributed by atoms with van der Waals surface area (Å²) >= 11 is 0. The molecule has 0 bridgehead atoms. The molecule has 0 atom stereocenters. The molecule has 2 aliphatic carbocycles. The third kappa shape index (κ3) is 11.5. The van der Waals surface area contributed by atoms with Crippen LogP contribution in [0.1, 0.15) is 121 Å². The summed E-state index contributed by atoms with van der Waals surface area (Å²) in [5.74, 6) is 26.1. The van der Waals surface area contributed by atoms with Gasteiger partial charge in [0.25, 0.3) is 0 Å². The van der Waals surface area contributed by atoms with E-state index >= 15 is 0 Å². The Morgan fingerprint density at radius 3 is 1.40 bits per heavy atom. The first kappa shape index (κ1) is 38.2. The van der Waals surface area contributed by atoms with Crippen LogP contribution in [0.15, 0.2) is 72.8 Å². The highest BCUT2D eigenvalue weighted by Gasteiger charge is 2.17. The van der Waals surface area contributed by atoms with E-state index in [1.54, 1.807) is 0 Å². The average molecular weight is 689 g/mol. The second-order valence-electron chi connectivity index (χ2n) is 15.0. The van der Waals surface area contributed by atoms with E-state index in [1.165, 1.54) is 54.5 Å². The van der Waals surface area contributed by atoms with Crippen molar-refractivity contribution in [3.05, 3.63) is 140 Å². The molecule has 0 heterocycles. The maximum absolute atomic E-state index is 14.3. The third-order valence-corrected chi connectivity index (χ3v) is 10.4. The highest BCUT2D eigenvalue weighted by Crippen LogP contribution is 2.29. The van der Waals surface area contributed by atoms with Crippen LogP contribution in [0, 0.1) is 110 Å². The minimum absolute atomic E-state index is 0.149. The van der Waals surface area contributed by atoms with Crippen LogP contribution in [0.3, 0.4) is 0 Å². The first-order valence-electron chi connectivity index (χ1n) is 18.8. The van der Waals surface area contributed by atoms with Gasteiger partial charge in [-0.2, -0.15) is 0 Å². The van der Waals surface area contributed by atoms with Gasteiger partial charge in [-0.3, -0.25) is 0 Å². The molecule has 4 aromatic carbocycles. The van der Waals surface area contributed by atoms with Gasteiger partial charge in [0.15, 0.2) is 0 Å². The van der Waals surface area contributed by atoms with Crippen molar-refractivity contribution in [2.45, 2.75) is 92.9 Å². The number of hydrogen-bond donors (Lipinski definition) is 0. The molecule has 2 fully saturated rings. The fraction of sp³-hybridized carbons (Fsp3) is 0.360. The molecular formula is C50H50F2. The Hall–Kier alpha value is -5.02. The largest absolute Gasteiger partial charge is 0.205 e. The summed E-state index contributed by atoms with van der Waals surface area (Å²) < 4.78 is 28.6. The fourth-order valence-corrected chi connectivity index (χ4v) is 6.59. The van der Waals surface area contributed by atoms with Gasteiger partial charge in [-0.1, -0.05) is 85.0 Å². The first-order valence-corrected chi connectivity index (χ1v) is 18.8. The van der Waals surface area contributed by atoms with Crippen LogP contribution in [0.25, 0.3) is 0 Å². The highest BCUT2D eigenvalue weighted by atomic mass is 19.1. The van der Waals surface area contributed by atoms with Crippen LogP contribution in [-0.2, 0) is 0 Å². The molecule has 264 valence electrons. The Balaban J connectivity index is 0.000000201. The van der Waals surface area contributed by atoms with Crippen molar-refractivity contribution in [2.24, 2.45) is 23.7 Å². The zero-order chi connectivity index (χ0) is 37.0. The van der Waals surface area contributed by atoms with Crippen LogP contribution in [-0.4, -0.2) is 0 Å². The van der Waals surface area contributed by atoms with E-state index in [9.17, 15) is 8.78 Å². The summed E-state index contributed by atoms with van der Waals surface area (Å²) in [5.41, 5.74) is 9.23. The Morgan fingerprint density at radius 2 is 0.865 bits per heavy atom. The third-order valence-electron chi connectivity index (χ3n) is 10.4. The second-order valence-corrected chi connectivity index (χ2v) is 15.0. The van der Waals surface area contributed by atoms with Crippen molar-refractivity contribution in [3.8, 4) is 47.4 Å². The smallest absolute Gasteiger partial charge is 0.143 e. The summed E-state index contributed by atoms with van der Waals surface area (Å²) in [5, 5.41) is 0. The van der Waals surface area contributed by atoms with Crippen molar-refractivity contribution in [1.29, 1.82) is 0 Å². The minimum atomic E-state index is -0.644. The van der Waals surface area contributed by atoms with E-state index in [0.29, 0.717) is 11.5 Å². The van der Waals surface area contributed by atoms with Crippen molar-refractivity contribution < 1.29 is 8.78 Å². The van der Waals surface area contributed by atoms with Gasteiger partial charge in [0.05, 0.1) is 5.56 Å². The average Bonchev–Trinajstić information content (AvgIpc) is 3.13. The molecule has 0 aromatic heterocycles. The molecule has 0 saturated heterocycles. The van der Waals surface area contributed by atoms with Gasteiger partial charge in [-0.05, 0) is 162 Å². The maximum atomic E-state index is 14.3. The summed E-state index contributed by atoms with van der Waals surface area (Å²) in [7, 11) is 0. The fourth-order valence-electron chi connectivity index (χ4n) is 6.59. The molecule has 0 nitrogen and oxygen atoms in total. The Labute approximate surface area is 311 Å². The molecule has 0 unspecified atom stereocenters. The quantitative estimate of drug-likeness (QED) is 0.161. The Bertz CT molecular complexity index is 2070. The topological polar surface area (TPSA) is 0 Å². The lowest BCUT2D eigenvalue weighted by atomic mass is 9.83. The molecule has 0 radical (unpaired) electrons. The number of benzene rings is 4. The summed E-state index contributed by atoms with van der Waals surface area (Å²) in [4.78, 5) is 0. The monoisotopic (exact) mass is 688 g/mol. The minimum Gasteiger partial charge on any atom is -0.205 e. The van der Waals surface area contributed by atoms with Crippen molar-refractivity contribution in [2.75, 3.05) is 0 Å². The van der Waals surface area contributed by atoms with Gasteiger partial charge in [-0.15, -0.1) is 0 Å². The van der Waals surface area contributed by atoms with E-state index in [2.05, 4.69) is 118 Å². The van der Waals surface area contributed by atoms with Crippen molar-refractivity contribution in [3.63, 3.8) is 0 Å². The number of aryl methyl sites for hydroxylation is 4. The summed E-state index contributed by atoms with van der Waals surface area (Å²) in [6.07, 6.45) is 9.46. The van der Waals surface area contributed by atoms with Gasteiger partial charge < -0.3 is 0 Å². The normalized spacial score (nSPS) is 19.1. The molecule has 2 heteroatoms. The van der Waals surface area contributed by atoms with Crippen molar-refractivity contribution in [1.82, 2.24) is 0 Å². The molecule has 52 heavy (non-hydrogen) atoms. The van der Waals surface area contributed by atoms with E-state index in [4.69, 9.17) is 0 Å². The van der Waals surface area contributed by atoms with Crippen LogP contribution >= 0.6 is 0 Å². The lowest BCUT2D eigenvalue weighted by molar-refractivity contribution is 0.337. The van der Waals surface area contributed by atoms with Crippen molar-refractivity contribution >= 4 is 0 Å². The zero-order valence-electron chi connectivity index (χ0n) is 31.7. The Kier molecular flexibility index (Phi) is 13.6. The van der Waals surface area contributed by atoms with Gasteiger partial charge >= 0.3 is 0 Å². The van der Waals surface area contributed by atoms with E-state index < -0.39 is 11.6 Å². The lowest BCUT2D eigenvalue weighted by Crippen LogP contribution is -2.10. The SMILES string of the molecule is Cc1cc(C)c(C#Cc2ccc(C#CC3CCC(C)CC3)cc2)cc1C.Cc1ccc(C#Cc2cc(F)c(C#CC3CCC(C)CC3)c(F)c2)cc1. The standard InChI is InChI=1S/C26H28.C24H22F2/c1-19-5-7-23(8-6-19)9-10-24-11-13-25(14-12-24)15-16-26-18-21(3)20(2)17-22(26)4;1-17-3-7-19(8-4-17)11-12-21-15-23(25)22(24(26)16-21)14-13-20-9-5-18(2)6-10-20/h11-14,17-19,23H,5-8H2,1-4H3;3-4,7-8,15-16,18,20H,5-6,9-10H2,1-2H3. The molecule has 0 aliphatic heterocycles. The van der Waals surface area contributed by atoms with E-state index in [1.807, 2.05) is 31.2 Å². The Morgan fingerprint density at radius 1 is 0.442 bits per heavy atom. The molecule has 0 N–H and O–H groups in total. The van der Waals surface area contributed by atoms with Crippen LogP contribution in [0.4, 0.5) is 8.78 Å². The second kappa shape index (κ2) is 18.5. The van der Waals surface area contributed by atoms with Crippen LogP contribution < -0.4 is 0 Å². The number of hydrogen-bond acceptors (Lipinski definition) is 0. The van der Waals surface area contributed by atoms with Crippen LogP contribution in [0.5, 0.6) is 0 Å². The van der Waals surface area contributed by atoms with Gasteiger partial charge in [-0.25, -0.2) is 8.78 Å².